The fraction of sp³-hybridized carbons (Fsp3) is 0.267. The number of methoxy groups -OCH3 is 1. The average Bonchev–Trinajstić information content (AvgIpc) is 2.49. The summed E-state index contributed by atoms with van der Waals surface area (Å²) in [7, 11) is 1.62. The number of halogens is 2. The highest BCUT2D eigenvalue weighted by Crippen LogP contribution is 2.31. The lowest BCUT2D eigenvalue weighted by Gasteiger charge is -2.12. The molecule has 1 aromatic heterocycles. The van der Waals surface area contributed by atoms with E-state index in [2.05, 4.69) is 22.5 Å². The first kappa shape index (κ1) is 15.7. The second kappa shape index (κ2) is 7.38. The number of nitrogens with zero attached hydrogens (tertiary/aromatic N) is 1. The normalized spacial score (nSPS) is 10.3. The summed E-state index contributed by atoms with van der Waals surface area (Å²) in [6, 6.07) is 9.22. The Hall–Kier alpha value is -1.65. The van der Waals surface area contributed by atoms with Gasteiger partial charge in [0.15, 0.2) is 5.82 Å². The van der Waals surface area contributed by atoms with Crippen LogP contribution in [0.15, 0.2) is 30.3 Å². The van der Waals surface area contributed by atoms with Gasteiger partial charge in [-0.1, -0.05) is 36.2 Å². The Morgan fingerprint density at radius 1 is 1.14 bits per heavy atom. The van der Waals surface area contributed by atoms with E-state index >= 15 is 0 Å². The maximum Gasteiger partial charge on any atom is 0.151 e. The van der Waals surface area contributed by atoms with Crippen LogP contribution in [0.5, 0.6) is 5.75 Å². The molecule has 2 N–H and O–H groups in total. The lowest BCUT2D eigenvalue weighted by Crippen LogP contribution is -2.05. The zero-order chi connectivity index (χ0) is 15.2. The van der Waals surface area contributed by atoms with E-state index in [1.54, 1.807) is 13.2 Å². The predicted molar refractivity (Wildman–Crippen MR) is 89.3 cm³/mol. The first-order valence-electron chi connectivity index (χ1n) is 6.65. The van der Waals surface area contributed by atoms with Gasteiger partial charge in [0.25, 0.3) is 0 Å². The van der Waals surface area contributed by atoms with Gasteiger partial charge in [-0.05, 0) is 24.6 Å². The predicted octanol–water partition coefficient (Wildman–Crippen LogP) is 4.96. The van der Waals surface area contributed by atoms with Crippen LogP contribution < -0.4 is 15.4 Å². The molecule has 0 aliphatic carbocycles. The fourth-order valence-corrected chi connectivity index (χ4v) is 2.23. The van der Waals surface area contributed by atoms with Gasteiger partial charge in [0.2, 0.25) is 0 Å². The summed E-state index contributed by atoms with van der Waals surface area (Å²) >= 11 is 12.3. The molecule has 0 unspecified atom stereocenters. The number of hydrogen-bond acceptors (Lipinski definition) is 4. The zero-order valence-electron chi connectivity index (χ0n) is 11.9. The van der Waals surface area contributed by atoms with Gasteiger partial charge in [-0.2, -0.15) is 0 Å². The van der Waals surface area contributed by atoms with Crippen molar-refractivity contribution in [3.05, 3.63) is 40.4 Å². The number of hydrogen-bond donors (Lipinski definition) is 2. The molecule has 1 heterocycles. The molecule has 0 fully saturated rings. The van der Waals surface area contributed by atoms with E-state index in [1.807, 2.05) is 24.3 Å². The molecule has 0 amide bonds. The Labute approximate surface area is 134 Å². The van der Waals surface area contributed by atoms with Crippen LogP contribution in [-0.2, 0) is 0 Å². The maximum atomic E-state index is 6.19. The third-order valence-corrected chi connectivity index (χ3v) is 3.38. The van der Waals surface area contributed by atoms with Gasteiger partial charge in [-0.15, -0.1) is 0 Å². The number of aromatic nitrogens is 1. The van der Waals surface area contributed by atoms with Crippen molar-refractivity contribution in [3.63, 3.8) is 0 Å². The molecule has 4 nitrogen and oxygen atoms in total. The summed E-state index contributed by atoms with van der Waals surface area (Å²) < 4.78 is 5.19. The fourth-order valence-electron chi connectivity index (χ4n) is 1.76. The number of nitrogens with one attached hydrogen (secondary N) is 2. The molecule has 0 saturated carbocycles. The molecule has 1 aromatic carbocycles. The van der Waals surface area contributed by atoms with E-state index < -0.39 is 0 Å². The van der Waals surface area contributed by atoms with Crippen LogP contribution in [0.25, 0.3) is 0 Å². The van der Waals surface area contributed by atoms with Gasteiger partial charge in [-0.3, -0.25) is 0 Å². The molecule has 0 aliphatic rings. The second-order valence-electron chi connectivity index (χ2n) is 4.43. The van der Waals surface area contributed by atoms with Crippen LogP contribution in [0.1, 0.15) is 13.3 Å². The van der Waals surface area contributed by atoms with Crippen molar-refractivity contribution >= 4 is 40.5 Å². The molecule has 0 saturated heterocycles. The zero-order valence-corrected chi connectivity index (χ0v) is 13.4. The van der Waals surface area contributed by atoms with E-state index in [1.165, 1.54) is 0 Å². The SMILES string of the molecule is CCCNc1nc(Nc2cccc(OC)c2)c(Cl)cc1Cl. The van der Waals surface area contributed by atoms with Crippen molar-refractivity contribution in [1.29, 1.82) is 0 Å². The summed E-state index contributed by atoms with van der Waals surface area (Å²) in [6.45, 7) is 2.87. The standard InChI is InChI=1S/C15H17Cl2N3O/c1-3-7-18-14-12(16)9-13(17)15(20-14)19-10-5-4-6-11(8-10)21-2/h4-6,8-9H,3,7H2,1-2H3,(H2,18,19,20). The van der Waals surface area contributed by atoms with Gasteiger partial charge in [0.05, 0.1) is 17.2 Å². The smallest absolute Gasteiger partial charge is 0.151 e. The van der Waals surface area contributed by atoms with Crippen LogP contribution in [0, 0.1) is 0 Å². The Balaban J connectivity index is 2.25. The quantitative estimate of drug-likeness (QED) is 0.787. The molecule has 0 atom stereocenters. The number of anilines is 3. The number of rotatable bonds is 6. The first-order chi connectivity index (χ1) is 10.1. The molecular weight excluding hydrogens is 309 g/mol. The second-order valence-corrected chi connectivity index (χ2v) is 5.25. The highest BCUT2D eigenvalue weighted by atomic mass is 35.5. The van der Waals surface area contributed by atoms with E-state index in [9.17, 15) is 0 Å². The summed E-state index contributed by atoms with van der Waals surface area (Å²) in [5, 5.41) is 7.31. The van der Waals surface area contributed by atoms with Crippen LogP contribution in [0.2, 0.25) is 10.0 Å². The van der Waals surface area contributed by atoms with Gasteiger partial charge in [0, 0.05) is 18.3 Å². The van der Waals surface area contributed by atoms with Gasteiger partial charge in [-0.25, -0.2) is 4.98 Å². The van der Waals surface area contributed by atoms with E-state index in [-0.39, 0.29) is 0 Å². The lowest BCUT2D eigenvalue weighted by molar-refractivity contribution is 0.415. The first-order valence-corrected chi connectivity index (χ1v) is 7.40. The monoisotopic (exact) mass is 325 g/mol. The Bertz CT molecular complexity index is 620. The molecule has 2 rings (SSSR count). The number of ether oxygens (including phenoxy) is 1. The largest absolute Gasteiger partial charge is 0.497 e. The molecule has 112 valence electrons. The molecule has 21 heavy (non-hydrogen) atoms. The molecule has 6 heteroatoms. The van der Waals surface area contributed by atoms with Gasteiger partial charge < -0.3 is 15.4 Å². The van der Waals surface area contributed by atoms with Crippen LogP contribution >= 0.6 is 23.2 Å². The van der Waals surface area contributed by atoms with Crippen LogP contribution in [0.4, 0.5) is 17.3 Å². The summed E-state index contributed by atoms with van der Waals surface area (Å²) in [5.41, 5.74) is 0.840. The highest BCUT2D eigenvalue weighted by Gasteiger charge is 2.09. The van der Waals surface area contributed by atoms with Crippen molar-refractivity contribution in [3.8, 4) is 5.75 Å². The Morgan fingerprint density at radius 2 is 1.90 bits per heavy atom. The van der Waals surface area contributed by atoms with Gasteiger partial charge in [0.1, 0.15) is 11.6 Å². The minimum atomic E-state index is 0.463. The van der Waals surface area contributed by atoms with E-state index in [4.69, 9.17) is 27.9 Å². The summed E-state index contributed by atoms with van der Waals surface area (Å²) in [5.74, 6) is 1.93. The summed E-state index contributed by atoms with van der Waals surface area (Å²) in [4.78, 5) is 4.43. The number of pyridine rings is 1. The van der Waals surface area contributed by atoms with Crippen molar-refractivity contribution < 1.29 is 4.74 Å². The van der Waals surface area contributed by atoms with Crippen molar-refractivity contribution in [1.82, 2.24) is 4.98 Å². The third-order valence-electron chi connectivity index (χ3n) is 2.80. The lowest BCUT2D eigenvalue weighted by atomic mass is 10.3. The van der Waals surface area contributed by atoms with Crippen molar-refractivity contribution in [2.75, 3.05) is 24.3 Å². The van der Waals surface area contributed by atoms with E-state index in [0.717, 1.165) is 24.4 Å². The molecule has 0 radical (unpaired) electrons. The molecule has 0 bridgehead atoms. The molecule has 0 spiro atoms. The average molecular weight is 326 g/mol. The molecule has 2 aromatic rings. The van der Waals surface area contributed by atoms with Crippen LogP contribution in [-0.4, -0.2) is 18.6 Å². The minimum Gasteiger partial charge on any atom is -0.497 e. The van der Waals surface area contributed by atoms with E-state index in [0.29, 0.717) is 21.7 Å². The Kier molecular flexibility index (Phi) is 5.53. The van der Waals surface area contributed by atoms with Gasteiger partial charge >= 0.3 is 0 Å². The number of benzene rings is 1. The third kappa shape index (κ3) is 4.16. The minimum absolute atomic E-state index is 0.463. The topological polar surface area (TPSA) is 46.2 Å². The van der Waals surface area contributed by atoms with Crippen LogP contribution in [0.3, 0.4) is 0 Å². The molecular formula is C15H17Cl2N3O. The summed E-state index contributed by atoms with van der Waals surface area (Å²) in [6.07, 6.45) is 0.985. The Morgan fingerprint density at radius 3 is 2.62 bits per heavy atom. The molecule has 0 aliphatic heterocycles. The maximum absolute atomic E-state index is 6.19. The van der Waals surface area contributed by atoms with Crippen molar-refractivity contribution in [2.24, 2.45) is 0 Å². The highest BCUT2D eigenvalue weighted by molar-refractivity contribution is 6.37. The van der Waals surface area contributed by atoms with Crippen molar-refractivity contribution in [2.45, 2.75) is 13.3 Å².